The van der Waals surface area contributed by atoms with Crippen molar-refractivity contribution >= 4 is 28.8 Å². The summed E-state index contributed by atoms with van der Waals surface area (Å²) in [6, 6.07) is 1.51. The molecule has 1 aliphatic rings. The van der Waals surface area contributed by atoms with Gasteiger partial charge in [0.2, 0.25) is 0 Å². The molecule has 7 nitrogen and oxygen atoms in total. The molecular formula is C24H29ClFN5O2. The average Bonchev–Trinajstić information content (AvgIpc) is 3.39. The lowest BCUT2D eigenvalue weighted by Crippen LogP contribution is -2.31. The first kappa shape index (κ1) is 23.3. The normalized spacial score (nSPS) is 15.6. The Labute approximate surface area is 197 Å². The molecule has 1 saturated carbocycles. The Hall–Kier alpha value is -2.87. The molecule has 0 bridgehead atoms. The number of fused-ring (bicyclic) bond motifs is 1. The maximum Gasteiger partial charge on any atom is 0.258 e. The quantitative estimate of drug-likeness (QED) is 0.510. The van der Waals surface area contributed by atoms with Crippen molar-refractivity contribution in [1.29, 1.82) is 0 Å². The Kier molecular flexibility index (Phi) is 5.99. The molecule has 1 aromatic carbocycles. The van der Waals surface area contributed by atoms with Crippen LogP contribution in [0.15, 0.2) is 18.5 Å². The van der Waals surface area contributed by atoms with Gasteiger partial charge in [-0.05, 0) is 45.1 Å². The molecule has 3 aromatic rings. The van der Waals surface area contributed by atoms with E-state index in [2.05, 4.69) is 17.2 Å². The molecule has 2 aromatic heterocycles. The van der Waals surface area contributed by atoms with Crippen molar-refractivity contribution in [2.75, 3.05) is 12.3 Å². The smallest absolute Gasteiger partial charge is 0.258 e. The first-order chi connectivity index (χ1) is 15.5. The second kappa shape index (κ2) is 8.48. The van der Waals surface area contributed by atoms with Crippen LogP contribution < -0.4 is 15.8 Å². The molecule has 0 aliphatic heterocycles. The number of nitrogens with one attached hydrogen (secondary N) is 1. The lowest BCUT2D eigenvalue weighted by atomic mass is 9.95. The van der Waals surface area contributed by atoms with Gasteiger partial charge in [-0.25, -0.2) is 14.4 Å². The van der Waals surface area contributed by atoms with Crippen molar-refractivity contribution in [2.45, 2.75) is 59.5 Å². The predicted molar refractivity (Wildman–Crippen MR) is 127 cm³/mol. The SMILES string of the molecule is Cc1nc([C@@H](C)c2cc(Cl)c(F)c(C(=O)NCC3(C)CC3)c2OC(C)C)n2ccnc(N)c12. The number of halogens is 2. The first-order valence-corrected chi connectivity index (χ1v) is 11.5. The monoisotopic (exact) mass is 473 g/mol. The lowest BCUT2D eigenvalue weighted by Gasteiger charge is -2.23. The highest BCUT2D eigenvalue weighted by Crippen LogP contribution is 2.44. The van der Waals surface area contributed by atoms with Gasteiger partial charge in [0, 0.05) is 30.4 Å². The van der Waals surface area contributed by atoms with Gasteiger partial charge in [0.15, 0.2) is 5.82 Å². The van der Waals surface area contributed by atoms with E-state index in [9.17, 15) is 4.79 Å². The summed E-state index contributed by atoms with van der Waals surface area (Å²) in [5, 5.41) is 2.72. The molecule has 0 unspecified atom stereocenters. The number of rotatable bonds is 7. The number of imidazole rings is 1. The van der Waals surface area contributed by atoms with Gasteiger partial charge in [0.1, 0.15) is 28.5 Å². The molecule has 176 valence electrons. The summed E-state index contributed by atoms with van der Waals surface area (Å²) in [5.41, 5.74) is 7.95. The molecule has 2 heterocycles. The van der Waals surface area contributed by atoms with Gasteiger partial charge < -0.3 is 15.8 Å². The van der Waals surface area contributed by atoms with Gasteiger partial charge in [-0.1, -0.05) is 25.4 Å². The number of nitrogens with two attached hydrogens (primary N) is 1. The van der Waals surface area contributed by atoms with Crippen LogP contribution in [0.4, 0.5) is 10.2 Å². The van der Waals surface area contributed by atoms with E-state index in [1.807, 2.05) is 32.1 Å². The van der Waals surface area contributed by atoms with Crippen LogP contribution in [0.5, 0.6) is 5.75 Å². The second-order valence-corrected chi connectivity index (χ2v) is 9.84. The molecule has 1 fully saturated rings. The summed E-state index contributed by atoms with van der Waals surface area (Å²) in [6.07, 6.45) is 5.15. The minimum Gasteiger partial charge on any atom is -0.490 e. The van der Waals surface area contributed by atoms with Crippen LogP contribution in [-0.4, -0.2) is 32.9 Å². The zero-order valence-electron chi connectivity index (χ0n) is 19.5. The fourth-order valence-electron chi connectivity index (χ4n) is 4.00. The predicted octanol–water partition coefficient (Wildman–Crippen LogP) is 4.88. The van der Waals surface area contributed by atoms with Gasteiger partial charge in [-0.15, -0.1) is 0 Å². The number of aryl methyl sites for hydroxylation is 1. The van der Waals surface area contributed by atoms with Crippen LogP contribution in [-0.2, 0) is 0 Å². The molecule has 33 heavy (non-hydrogen) atoms. The first-order valence-electron chi connectivity index (χ1n) is 11.1. The number of nitrogen functional groups attached to an aromatic ring is 1. The Morgan fingerprint density at radius 3 is 2.73 bits per heavy atom. The highest BCUT2D eigenvalue weighted by Gasteiger charge is 2.38. The van der Waals surface area contributed by atoms with Crippen molar-refractivity contribution in [3.05, 3.63) is 51.9 Å². The minimum absolute atomic E-state index is 0.0696. The van der Waals surface area contributed by atoms with Gasteiger partial charge in [0.25, 0.3) is 5.91 Å². The van der Waals surface area contributed by atoms with E-state index in [4.69, 9.17) is 27.1 Å². The van der Waals surface area contributed by atoms with E-state index in [0.717, 1.165) is 18.5 Å². The topological polar surface area (TPSA) is 94.5 Å². The van der Waals surface area contributed by atoms with Crippen LogP contribution in [0, 0.1) is 18.2 Å². The molecule has 4 rings (SSSR count). The Morgan fingerprint density at radius 2 is 2.09 bits per heavy atom. The molecule has 1 aliphatic carbocycles. The highest BCUT2D eigenvalue weighted by molar-refractivity contribution is 6.31. The number of carbonyl (C=O) groups excluding carboxylic acids is 1. The third kappa shape index (κ3) is 4.36. The van der Waals surface area contributed by atoms with E-state index < -0.39 is 11.7 Å². The number of ether oxygens (including phenoxy) is 1. The van der Waals surface area contributed by atoms with Crippen LogP contribution in [0.2, 0.25) is 5.02 Å². The van der Waals surface area contributed by atoms with Gasteiger partial charge >= 0.3 is 0 Å². The number of benzene rings is 1. The zero-order valence-corrected chi connectivity index (χ0v) is 20.3. The number of amides is 1. The number of anilines is 1. The fourth-order valence-corrected chi connectivity index (χ4v) is 4.21. The number of hydrogen-bond acceptors (Lipinski definition) is 5. The van der Waals surface area contributed by atoms with Crippen LogP contribution in [0.25, 0.3) is 5.52 Å². The standard InChI is InChI=1S/C24H29ClFN5O2/c1-12(2)33-20-15(13(3)22-30-14(4)19-21(27)28-8-9-31(19)22)10-16(25)18(26)17(20)23(32)29-11-24(5)6-7-24/h8-10,12-13H,6-7,11H2,1-5H3,(H2,27,28)(H,29,32)/t13-/m0/s1. The molecule has 1 amide bonds. The molecular weight excluding hydrogens is 445 g/mol. The molecule has 1 atom stereocenters. The summed E-state index contributed by atoms with van der Waals surface area (Å²) in [5.74, 6) is -0.513. The zero-order chi connectivity index (χ0) is 24.1. The Bertz CT molecular complexity index is 1240. The van der Waals surface area contributed by atoms with Crippen LogP contribution in [0.1, 0.15) is 73.9 Å². The summed E-state index contributed by atoms with van der Waals surface area (Å²) in [7, 11) is 0. The van der Waals surface area contributed by atoms with Crippen molar-refractivity contribution in [3.63, 3.8) is 0 Å². The van der Waals surface area contributed by atoms with Crippen molar-refractivity contribution < 1.29 is 13.9 Å². The van der Waals surface area contributed by atoms with Crippen molar-refractivity contribution in [3.8, 4) is 5.75 Å². The Balaban J connectivity index is 1.85. The van der Waals surface area contributed by atoms with Gasteiger partial charge in [-0.2, -0.15) is 0 Å². The fraction of sp³-hybridized carbons (Fsp3) is 0.458. The third-order valence-corrected chi connectivity index (χ3v) is 6.47. The largest absolute Gasteiger partial charge is 0.490 e. The van der Waals surface area contributed by atoms with E-state index in [1.165, 1.54) is 6.07 Å². The van der Waals surface area contributed by atoms with E-state index >= 15 is 4.39 Å². The summed E-state index contributed by atoms with van der Waals surface area (Å²) < 4.78 is 23.1. The molecule has 0 saturated heterocycles. The number of aromatic nitrogens is 3. The van der Waals surface area contributed by atoms with Crippen LogP contribution >= 0.6 is 11.6 Å². The molecule has 0 radical (unpaired) electrons. The highest BCUT2D eigenvalue weighted by atomic mass is 35.5. The maximum absolute atomic E-state index is 15.2. The molecule has 9 heteroatoms. The third-order valence-electron chi connectivity index (χ3n) is 6.20. The van der Waals surface area contributed by atoms with E-state index in [1.54, 1.807) is 12.4 Å². The van der Waals surface area contributed by atoms with Gasteiger partial charge in [-0.3, -0.25) is 9.20 Å². The summed E-state index contributed by atoms with van der Waals surface area (Å²) in [4.78, 5) is 22.0. The maximum atomic E-state index is 15.2. The van der Waals surface area contributed by atoms with Crippen molar-refractivity contribution in [1.82, 2.24) is 19.7 Å². The average molecular weight is 474 g/mol. The van der Waals surface area contributed by atoms with E-state index in [0.29, 0.717) is 29.3 Å². The summed E-state index contributed by atoms with van der Waals surface area (Å²) >= 11 is 6.29. The van der Waals surface area contributed by atoms with Gasteiger partial charge in [0.05, 0.1) is 16.8 Å². The van der Waals surface area contributed by atoms with Crippen LogP contribution in [0.3, 0.4) is 0 Å². The number of hydrogen-bond donors (Lipinski definition) is 2. The Morgan fingerprint density at radius 1 is 1.39 bits per heavy atom. The lowest BCUT2D eigenvalue weighted by molar-refractivity contribution is 0.0935. The summed E-state index contributed by atoms with van der Waals surface area (Å²) in [6.45, 7) is 9.98. The molecule has 3 N–H and O–H groups in total. The number of nitrogens with zero attached hydrogens (tertiary/aromatic N) is 3. The second-order valence-electron chi connectivity index (χ2n) is 9.43. The minimum atomic E-state index is -0.792. The van der Waals surface area contributed by atoms with E-state index in [-0.39, 0.29) is 33.8 Å². The number of carbonyl (C=O) groups is 1. The molecule has 0 spiro atoms. The van der Waals surface area contributed by atoms with Crippen molar-refractivity contribution in [2.24, 2.45) is 5.41 Å².